The maximum atomic E-state index is 11.0. The molecular weight excluding hydrogens is 431 g/mol. The quantitative estimate of drug-likeness (QED) is 0.455. The average Bonchev–Trinajstić information content (AvgIpc) is 3.18. The Morgan fingerprint density at radius 1 is 1.03 bits per heavy atom. The molecular formula is C20H26Cl2N4O4. The van der Waals surface area contributed by atoms with Gasteiger partial charge in [-0.15, -0.1) is 24.8 Å². The lowest BCUT2D eigenvalue weighted by molar-refractivity contribution is -0.139. The second kappa shape index (κ2) is 13.6. The van der Waals surface area contributed by atoms with E-state index in [0.717, 1.165) is 11.1 Å². The Morgan fingerprint density at radius 2 is 1.67 bits per heavy atom. The van der Waals surface area contributed by atoms with Crippen molar-refractivity contribution in [2.75, 3.05) is 13.1 Å². The van der Waals surface area contributed by atoms with Gasteiger partial charge in [0.2, 0.25) is 11.8 Å². The lowest BCUT2D eigenvalue weighted by Crippen LogP contribution is -2.39. The number of carbonyl (C=O) groups excluding carboxylic acids is 2. The predicted octanol–water partition coefficient (Wildman–Crippen LogP) is 1.17. The summed E-state index contributed by atoms with van der Waals surface area (Å²) in [6.07, 6.45) is 0.418. The lowest BCUT2D eigenvalue weighted by atomic mass is 10.0. The van der Waals surface area contributed by atoms with Crippen LogP contribution in [-0.4, -0.2) is 48.1 Å². The van der Waals surface area contributed by atoms with Crippen LogP contribution < -0.4 is 22.1 Å². The number of nitrogens with one attached hydrogen (secondary N) is 2. The number of primary amides is 1. The van der Waals surface area contributed by atoms with Crippen molar-refractivity contribution >= 4 is 42.6 Å². The molecule has 0 bridgehead atoms. The molecule has 0 unspecified atom stereocenters. The number of hydrogen-bond acceptors (Lipinski definition) is 5. The molecule has 8 nitrogen and oxygen atoms in total. The second-order valence-electron chi connectivity index (χ2n) is 6.31. The van der Waals surface area contributed by atoms with E-state index in [2.05, 4.69) is 10.6 Å². The van der Waals surface area contributed by atoms with E-state index in [1.165, 1.54) is 0 Å². The number of halogens is 2. The number of hydrogen-bond donors (Lipinski definition) is 5. The molecule has 2 aromatic rings. The summed E-state index contributed by atoms with van der Waals surface area (Å²) < 4.78 is 0. The smallest absolute Gasteiger partial charge is 0.320 e. The summed E-state index contributed by atoms with van der Waals surface area (Å²) in [7, 11) is 0. The number of rotatable bonds is 5. The first-order valence-electron chi connectivity index (χ1n) is 8.81. The second-order valence-corrected chi connectivity index (χ2v) is 6.31. The molecule has 0 saturated carbocycles. The predicted molar refractivity (Wildman–Crippen MR) is 120 cm³/mol. The number of aliphatic carboxylic acids is 1. The fourth-order valence-electron chi connectivity index (χ4n) is 2.80. The zero-order chi connectivity index (χ0) is 20.5. The summed E-state index contributed by atoms with van der Waals surface area (Å²) in [5, 5.41) is 14.0. The SMILES string of the molecule is Cl.Cl.NC(=O)c1cccc(-c2ccccc2)c1.NCC(=O)N[C@@H]1CN[C@@H](C(=O)O)C1. The number of nitrogens with two attached hydrogens (primary N) is 2. The van der Waals surface area contributed by atoms with Crippen LogP contribution in [0.15, 0.2) is 54.6 Å². The fourth-order valence-corrected chi connectivity index (χ4v) is 2.80. The Morgan fingerprint density at radius 3 is 2.20 bits per heavy atom. The number of carbonyl (C=O) groups is 3. The summed E-state index contributed by atoms with van der Waals surface area (Å²) in [6.45, 7) is 0.428. The molecule has 0 aromatic heterocycles. The van der Waals surface area contributed by atoms with Crippen molar-refractivity contribution < 1.29 is 19.5 Å². The summed E-state index contributed by atoms with van der Waals surface area (Å²) in [5.74, 6) is -1.53. The van der Waals surface area contributed by atoms with E-state index < -0.39 is 17.9 Å². The normalized spacial score (nSPS) is 16.7. The van der Waals surface area contributed by atoms with Crippen molar-refractivity contribution in [2.24, 2.45) is 11.5 Å². The van der Waals surface area contributed by atoms with Gasteiger partial charge in [-0.2, -0.15) is 0 Å². The van der Waals surface area contributed by atoms with Gasteiger partial charge in [0.05, 0.1) is 6.54 Å². The van der Waals surface area contributed by atoms with Gasteiger partial charge in [0.25, 0.3) is 0 Å². The largest absolute Gasteiger partial charge is 0.480 e. The monoisotopic (exact) mass is 456 g/mol. The average molecular weight is 457 g/mol. The molecule has 2 atom stereocenters. The van der Waals surface area contributed by atoms with Crippen LogP contribution in [-0.2, 0) is 9.59 Å². The van der Waals surface area contributed by atoms with E-state index >= 15 is 0 Å². The third-order valence-electron chi connectivity index (χ3n) is 4.23. The molecule has 1 saturated heterocycles. The van der Waals surface area contributed by atoms with Gasteiger partial charge < -0.3 is 27.2 Å². The first kappa shape index (κ1) is 27.4. The van der Waals surface area contributed by atoms with Gasteiger partial charge >= 0.3 is 5.97 Å². The highest BCUT2D eigenvalue weighted by atomic mass is 35.5. The molecule has 7 N–H and O–H groups in total. The van der Waals surface area contributed by atoms with E-state index in [0.29, 0.717) is 18.5 Å². The Kier molecular flexibility index (Phi) is 12.4. The summed E-state index contributed by atoms with van der Waals surface area (Å²) in [4.78, 5) is 32.3. The van der Waals surface area contributed by atoms with Gasteiger partial charge in [-0.25, -0.2) is 0 Å². The minimum absolute atomic E-state index is 0. The number of amides is 2. The molecule has 0 aliphatic carbocycles. The van der Waals surface area contributed by atoms with Gasteiger partial charge in [-0.05, 0) is 29.7 Å². The van der Waals surface area contributed by atoms with Crippen LogP contribution in [0.5, 0.6) is 0 Å². The maximum absolute atomic E-state index is 11.0. The van der Waals surface area contributed by atoms with Crippen LogP contribution in [0.2, 0.25) is 0 Å². The maximum Gasteiger partial charge on any atom is 0.320 e. The highest BCUT2D eigenvalue weighted by molar-refractivity contribution is 5.94. The molecule has 164 valence electrons. The van der Waals surface area contributed by atoms with Crippen molar-refractivity contribution in [1.29, 1.82) is 0 Å². The Labute approximate surface area is 187 Å². The molecule has 1 aliphatic heterocycles. The standard InChI is InChI=1S/C13H11NO.C7H13N3O3.2ClH/c14-13(15)12-8-4-7-11(9-12)10-5-2-1-3-6-10;8-2-6(11)10-4-1-5(7(12)13)9-3-4;;/h1-9H,(H2,14,15);4-5,9H,1-3,8H2,(H,10,11)(H,12,13);2*1H/t;4-,5+;;/m.0../s1. The van der Waals surface area contributed by atoms with Gasteiger partial charge in [-0.1, -0.05) is 42.5 Å². The first-order chi connectivity index (χ1) is 13.4. The van der Waals surface area contributed by atoms with Crippen molar-refractivity contribution in [1.82, 2.24) is 10.6 Å². The Balaban J connectivity index is 0.000000531. The van der Waals surface area contributed by atoms with Gasteiger partial charge in [-0.3, -0.25) is 14.4 Å². The van der Waals surface area contributed by atoms with Crippen molar-refractivity contribution in [3.63, 3.8) is 0 Å². The first-order valence-corrected chi connectivity index (χ1v) is 8.81. The van der Waals surface area contributed by atoms with Gasteiger partial charge in [0, 0.05) is 18.2 Å². The van der Waals surface area contributed by atoms with Crippen molar-refractivity contribution in [3.8, 4) is 11.1 Å². The fraction of sp³-hybridized carbons (Fsp3) is 0.250. The molecule has 1 aliphatic rings. The minimum Gasteiger partial charge on any atom is -0.480 e. The molecule has 30 heavy (non-hydrogen) atoms. The third-order valence-corrected chi connectivity index (χ3v) is 4.23. The van der Waals surface area contributed by atoms with E-state index in [4.69, 9.17) is 16.6 Å². The van der Waals surface area contributed by atoms with Crippen LogP contribution in [0.1, 0.15) is 16.8 Å². The minimum atomic E-state index is -0.885. The number of benzene rings is 2. The topological polar surface area (TPSA) is 148 Å². The van der Waals surface area contributed by atoms with E-state index in [1.807, 2.05) is 42.5 Å². The molecule has 1 fully saturated rings. The molecule has 0 radical (unpaired) electrons. The summed E-state index contributed by atoms with van der Waals surface area (Å²) in [5.41, 5.74) is 12.9. The Bertz CT molecular complexity index is 837. The Hall–Kier alpha value is -2.65. The third kappa shape index (κ3) is 8.38. The van der Waals surface area contributed by atoms with Gasteiger partial charge in [0.1, 0.15) is 6.04 Å². The highest BCUT2D eigenvalue weighted by Crippen LogP contribution is 2.19. The van der Waals surface area contributed by atoms with E-state index in [9.17, 15) is 14.4 Å². The zero-order valence-corrected chi connectivity index (χ0v) is 17.7. The zero-order valence-electron chi connectivity index (χ0n) is 16.1. The summed E-state index contributed by atoms with van der Waals surface area (Å²) in [6, 6.07) is 16.5. The van der Waals surface area contributed by atoms with Crippen LogP contribution >= 0.6 is 24.8 Å². The van der Waals surface area contributed by atoms with E-state index in [1.54, 1.807) is 12.1 Å². The van der Waals surface area contributed by atoms with Crippen LogP contribution in [0.3, 0.4) is 0 Å². The number of carboxylic acid groups (broad SMARTS) is 1. The molecule has 3 rings (SSSR count). The van der Waals surface area contributed by atoms with Crippen LogP contribution in [0.25, 0.3) is 11.1 Å². The molecule has 0 spiro atoms. The molecule has 2 aromatic carbocycles. The van der Waals surface area contributed by atoms with Crippen molar-refractivity contribution in [2.45, 2.75) is 18.5 Å². The van der Waals surface area contributed by atoms with Gasteiger partial charge in [0.15, 0.2) is 0 Å². The number of carboxylic acids is 1. The molecule has 10 heteroatoms. The van der Waals surface area contributed by atoms with Crippen LogP contribution in [0, 0.1) is 0 Å². The van der Waals surface area contributed by atoms with E-state index in [-0.39, 0.29) is 43.3 Å². The van der Waals surface area contributed by atoms with Crippen LogP contribution in [0.4, 0.5) is 0 Å². The lowest BCUT2D eigenvalue weighted by Gasteiger charge is -2.09. The summed E-state index contributed by atoms with van der Waals surface area (Å²) >= 11 is 0. The molecule has 1 heterocycles. The molecule has 2 amide bonds. The highest BCUT2D eigenvalue weighted by Gasteiger charge is 2.29. The van der Waals surface area contributed by atoms with Crippen molar-refractivity contribution in [3.05, 3.63) is 60.2 Å².